The van der Waals surface area contributed by atoms with Crippen LogP contribution in [-0.4, -0.2) is 4.57 Å². The molecule has 0 spiro atoms. The lowest BCUT2D eigenvalue weighted by Gasteiger charge is -2.09. The van der Waals surface area contributed by atoms with Gasteiger partial charge in [0.05, 0.1) is 11.0 Å². The Hall–Kier alpha value is -4.01. The van der Waals surface area contributed by atoms with E-state index in [1.54, 1.807) is 0 Å². The third-order valence-corrected chi connectivity index (χ3v) is 6.66. The molecule has 0 aliphatic rings. The van der Waals surface area contributed by atoms with Gasteiger partial charge in [0.15, 0.2) is 0 Å². The van der Waals surface area contributed by atoms with Crippen LogP contribution in [-0.2, 0) is 0 Å². The first-order valence-corrected chi connectivity index (χ1v) is 11.4. The zero-order valence-corrected chi connectivity index (χ0v) is 18.4. The molecule has 0 amide bonds. The number of fused-ring (bicyclic) bond motifs is 6. The summed E-state index contributed by atoms with van der Waals surface area (Å²) in [7, 11) is 0. The average Bonchev–Trinajstić information content (AvgIpc) is 3.39. The van der Waals surface area contributed by atoms with Crippen molar-refractivity contribution in [3.63, 3.8) is 0 Å². The van der Waals surface area contributed by atoms with Crippen LogP contribution in [0.3, 0.4) is 0 Å². The largest absolute Gasteiger partial charge is 0.456 e. The zero-order chi connectivity index (χ0) is 21.9. The van der Waals surface area contributed by atoms with E-state index in [-0.39, 0.29) is 0 Å². The normalized spacial score (nSPS) is 11.8. The molecule has 156 valence electrons. The predicted octanol–water partition coefficient (Wildman–Crippen LogP) is 9.00. The van der Waals surface area contributed by atoms with Gasteiger partial charge in [-0.3, -0.25) is 0 Å². The van der Waals surface area contributed by atoms with Crippen molar-refractivity contribution in [1.29, 1.82) is 0 Å². The summed E-state index contributed by atoms with van der Waals surface area (Å²) in [6.45, 7) is 0. The van der Waals surface area contributed by atoms with Crippen molar-refractivity contribution in [3.8, 4) is 16.8 Å². The second-order valence-corrected chi connectivity index (χ2v) is 8.78. The maximum absolute atomic E-state index is 6.53. The quantitative estimate of drug-likeness (QED) is 0.260. The van der Waals surface area contributed by atoms with Gasteiger partial charge in [0, 0.05) is 38.3 Å². The number of para-hydroxylation sites is 3. The Bertz CT molecular complexity index is 1830. The van der Waals surface area contributed by atoms with Gasteiger partial charge < -0.3 is 8.98 Å². The van der Waals surface area contributed by atoms with E-state index in [9.17, 15) is 0 Å². The third kappa shape index (κ3) is 2.75. The monoisotopic (exact) mass is 443 g/mol. The summed E-state index contributed by atoms with van der Waals surface area (Å²) in [5.41, 5.74) is 7.42. The van der Waals surface area contributed by atoms with Crippen molar-refractivity contribution in [2.24, 2.45) is 0 Å². The molecule has 7 aromatic rings. The smallest absolute Gasteiger partial charge is 0.137 e. The summed E-state index contributed by atoms with van der Waals surface area (Å²) >= 11 is 6.53. The van der Waals surface area contributed by atoms with Crippen molar-refractivity contribution in [3.05, 3.63) is 114 Å². The lowest BCUT2D eigenvalue weighted by atomic mass is 9.98. The number of benzene rings is 5. The van der Waals surface area contributed by atoms with Crippen LogP contribution in [0.5, 0.6) is 0 Å². The maximum atomic E-state index is 6.53. The lowest BCUT2D eigenvalue weighted by Crippen LogP contribution is -1.92. The molecule has 0 saturated heterocycles. The Labute approximate surface area is 195 Å². The number of rotatable bonds is 2. The minimum absolute atomic E-state index is 0.670. The molecule has 2 nitrogen and oxygen atoms in total. The third-order valence-electron chi connectivity index (χ3n) is 6.44. The molecular formula is C30H18ClNO. The van der Waals surface area contributed by atoms with Gasteiger partial charge in [0.2, 0.25) is 0 Å². The molecule has 0 radical (unpaired) electrons. The lowest BCUT2D eigenvalue weighted by molar-refractivity contribution is 0.669. The average molecular weight is 444 g/mol. The number of hydrogen-bond acceptors (Lipinski definition) is 1. The fourth-order valence-corrected chi connectivity index (χ4v) is 5.25. The van der Waals surface area contributed by atoms with Crippen LogP contribution in [0, 0.1) is 0 Å². The number of aromatic nitrogens is 1. The predicted molar refractivity (Wildman–Crippen MR) is 139 cm³/mol. The molecule has 0 fully saturated rings. The molecule has 3 heteroatoms. The maximum Gasteiger partial charge on any atom is 0.137 e. The highest BCUT2D eigenvalue weighted by atomic mass is 35.5. The molecule has 2 aromatic heterocycles. The highest BCUT2D eigenvalue weighted by Crippen LogP contribution is 2.41. The van der Waals surface area contributed by atoms with Gasteiger partial charge in [-0.15, -0.1) is 0 Å². The van der Waals surface area contributed by atoms with Gasteiger partial charge in [0.25, 0.3) is 0 Å². The summed E-state index contributed by atoms with van der Waals surface area (Å²) in [5, 5.41) is 5.32. The summed E-state index contributed by atoms with van der Waals surface area (Å²) in [6.07, 6.45) is 0. The Kier molecular flexibility index (Phi) is 3.93. The second-order valence-electron chi connectivity index (χ2n) is 8.34. The number of nitrogens with zero attached hydrogens (tertiary/aromatic N) is 1. The summed E-state index contributed by atoms with van der Waals surface area (Å²) in [5.74, 6) is 0. The molecule has 0 aliphatic carbocycles. The first kappa shape index (κ1) is 18.6. The molecule has 5 aromatic carbocycles. The number of furan rings is 1. The molecule has 0 aliphatic heterocycles. The minimum Gasteiger partial charge on any atom is -0.456 e. The van der Waals surface area contributed by atoms with E-state index in [0.717, 1.165) is 38.8 Å². The highest BCUT2D eigenvalue weighted by Gasteiger charge is 2.17. The molecular weight excluding hydrogens is 426 g/mol. The van der Waals surface area contributed by atoms with Gasteiger partial charge in [-0.25, -0.2) is 0 Å². The Morgan fingerprint density at radius 1 is 0.576 bits per heavy atom. The molecule has 0 unspecified atom stereocenters. The summed E-state index contributed by atoms with van der Waals surface area (Å²) < 4.78 is 8.46. The van der Waals surface area contributed by atoms with E-state index < -0.39 is 0 Å². The summed E-state index contributed by atoms with van der Waals surface area (Å²) in [4.78, 5) is 0. The van der Waals surface area contributed by atoms with E-state index >= 15 is 0 Å². The fourth-order valence-electron chi connectivity index (χ4n) is 5.04. The zero-order valence-electron chi connectivity index (χ0n) is 17.6. The van der Waals surface area contributed by atoms with E-state index in [0.29, 0.717) is 5.02 Å². The van der Waals surface area contributed by atoms with Crippen molar-refractivity contribution >= 4 is 55.3 Å². The molecule has 0 bridgehead atoms. The standard InChI is InChI=1S/C30H18ClNO/c31-20-17-24(30-23-11-5-7-13-28(23)33-29(30)18-20)19-14-15-27-25(16-19)22-10-4-6-12-26(22)32(27)21-8-2-1-3-9-21/h1-18H. The van der Waals surface area contributed by atoms with Crippen LogP contribution < -0.4 is 0 Å². The van der Waals surface area contributed by atoms with Gasteiger partial charge in [-0.05, 0) is 53.6 Å². The first-order valence-electron chi connectivity index (χ1n) is 11.0. The van der Waals surface area contributed by atoms with Gasteiger partial charge in [0.1, 0.15) is 11.2 Å². The van der Waals surface area contributed by atoms with Crippen LogP contribution in [0.4, 0.5) is 0 Å². The van der Waals surface area contributed by atoms with E-state index in [1.165, 1.54) is 21.8 Å². The Balaban J connectivity index is 1.57. The van der Waals surface area contributed by atoms with Crippen LogP contribution in [0.2, 0.25) is 5.02 Å². The molecule has 0 saturated carbocycles. The molecule has 2 heterocycles. The molecule has 33 heavy (non-hydrogen) atoms. The van der Waals surface area contributed by atoms with Crippen LogP contribution in [0.15, 0.2) is 114 Å². The van der Waals surface area contributed by atoms with Gasteiger partial charge in [-0.1, -0.05) is 72.3 Å². The molecule has 0 N–H and O–H groups in total. The van der Waals surface area contributed by atoms with Gasteiger partial charge >= 0.3 is 0 Å². The van der Waals surface area contributed by atoms with Crippen molar-refractivity contribution in [2.45, 2.75) is 0 Å². The van der Waals surface area contributed by atoms with E-state index in [2.05, 4.69) is 83.4 Å². The number of halogens is 1. The van der Waals surface area contributed by atoms with Crippen molar-refractivity contribution < 1.29 is 4.42 Å². The van der Waals surface area contributed by atoms with E-state index in [1.807, 2.05) is 30.3 Å². The Morgan fingerprint density at radius 3 is 2.18 bits per heavy atom. The Morgan fingerprint density at radius 2 is 1.30 bits per heavy atom. The van der Waals surface area contributed by atoms with Crippen molar-refractivity contribution in [2.75, 3.05) is 0 Å². The SMILES string of the molecule is Clc1cc(-c2ccc3c(c2)c2ccccc2n3-c2ccccc2)c2c(c1)oc1ccccc12. The van der Waals surface area contributed by atoms with E-state index in [4.69, 9.17) is 16.0 Å². The van der Waals surface area contributed by atoms with Crippen LogP contribution >= 0.6 is 11.6 Å². The molecule has 7 rings (SSSR count). The fraction of sp³-hybridized carbons (Fsp3) is 0. The van der Waals surface area contributed by atoms with Gasteiger partial charge in [-0.2, -0.15) is 0 Å². The van der Waals surface area contributed by atoms with Crippen molar-refractivity contribution in [1.82, 2.24) is 4.57 Å². The summed E-state index contributed by atoms with van der Waals surface area (Å²) in [6, 6.07) is 37.9. The molecule has 0 atom stereocenters. The minimum atomic E-state index is 0.670. The van der Waals surface area contributed by atoms with Crippen LogP contribution in [0.1, 0.15) is 0 Å². The topological polar surface area (TPSA) is 18.1 Å². The number of hydrogen-bond donors (Lipinski definition) is 0. The highest BCUT2D eigenvalue weighted by molar-refractivity contribution is 6.32. The first-order chi connectivity index (χ1) is 16.3. The second kappa shape index (κ2) is 6.99. The van der Waals surface area contributed by atoms with Crippen LogP contribution in [0.25, 0.3) is 60.6 Å².